The van der Waals surface area contributed by atoms with Crippen LogP contribution in [0.15, 0.2) is 53.5 Å². The summed E-state index contributed by atoms with van der Waals surface area (Å²) in [6, 6.07) is 15.0. The van der Waals surface area contributed by atoms with Gasteiger partial charge in [-0.1, -0.05) is 47.5 Å². The molecule has 0 atom stereocenters. The van der Waals surface area contributed by atoms with Crippen LogP contribution in [0.4, 0.5) is 0 Å². The maximum Gasteiger partial charge on any atom is 0.252 e. The van der Waals surface area contributed by atoms with Crippen LogP contribution >= 0.6 is 47.2 Å². The van der Waals surface area contributed by atoms with Gasteiger partial charge in [-0.25, -0.2) is 0 Å². The molecule has 1 aliphatic carbocycles. The second kappa shape index (κ2) is 11.0. The number of halogens is 3. The fourth-order valence-electron chi connectivity index (χ4n) is 3.11. The number of hydrogen-bond donors (Lipinski definition) is 3. The number of carbonyl (C=O) groups excluding carboxylic acids is 1. The summed E-state index contributed by atoms with van der Waals surface area (Å²) in [5, 5.41) is 10.7. The van der Waals surface area contributed by atoms with E-state index in [0.29, 0.717) is 29.6 Å². The molecule has 1 fully saturated rings. The highest BCUT2D eigenvalue weighted by Gasteiger charge is 2.44. The van der Waals surface area contributed by atoms with Gasteiger partial charge < -0.3 is 16.0 Å². The lowest BCUT2D eigenvalue weighted by Gasteiger charge is -2.19. The number of hydrogen-bond acceptors (Lipinski definition) is 2. The fourth-order valence-corrected chi connectivity index (χ4v) is 3.52. The number of aliphatic imine (C=N–C) groups is 1. The van der Waals surface area contributed by atoms with Gasteiger partial charge in [0, 0.05) is 37.1 Å². The van der Waals surface area contributed by atoms with Crippen molar-refractivity contribution < 1.29 is 4.79 Å². The maximum atomic E-state index is 12.1. The van der Waals surface area contributed by atoms with E-state index in [0.717, 1.165) is 24.4 Å². The van der Waals surface area contributed by atoms with Crippen LogP contribution in [0.3, 0.4) is 0 Å². The number of guanidine groups is 1. The zero-order valence-corrected chi connectivity index (χ0v) is 20.0. The Morgan fingerprint density at radius 2 is 1.76 bits per heavy atom. The number of amides is 1. The Kier molecular flexibility index (Phi) is 9.04. The SMILES string of the molecule is CN=C(NCCNC(=O)c1ccccc1Cl)NCC1(c2cccc(Cl)c2)CC1.I. The first-order chi connectivity index (χ1) is 13.5. The fraction of sp³-hybridized carbons (Fsp3) is 0.333. The lowest BCUT2D eigenvalue weighted by atomic mass is 9.96. The number of benzene rings is 2. The normalized spacial score (nSPS) is 14.5. The third kappa shape index (κ3) is 6.49. The Morgan fingerprint density at radius 3 is 2.41 bits per heavy atom. The summed E-state index contributed by atoms with van der Waals surface area (Å²) < 4.78 is 0. The molecule has 0 unspecified atom stereocenters. The lowest BCUT2D eigenvalue weighted by molar-refractivity contribution is 0.0954. The molecule has 3 rings (SSSR count). The molecular formula is C21H25Cl2IN4O. The first kappa shape index (κ1) is 23.8. The van der Waals surface area contributed by atoms with Crippen LogP contribution in [0.25, 0.3) is 0 Å². The van der Waals surface area contributed by atoms with E-state index in [4.69, 9.17) is 23.2 Å². The van der Waals surface area contributed by atoms with Gasteiger partial charge in [0.05, 0.1) is 10.6 Å². The average Bonchev–Trinajstić information content (AvgIpc) is 3.49. The zero-order valence-electron chi connectivity index (χ0n) is 16.2. The topological polar surface area (TPSA) is 65.5 Å². The van der Waals surface area contributed by atoms with Crippen LogP contribution in [-0.2, 0) is 5.41 Å². The Morgan fingerprint density at radius 1 is 1.03 bits per heavy atom. The first-order valence-electron chi connectivity index (χ1n) is 9.27. The molecule has 0 aromatic heterocycles. The highest BCUT2D eigenvalue weighted by molar-refractivity contribution is 14.0. The standard InChI is InChI=1S/C21H24Cl2N4O.HI/c1-24-20(26-12-11-25-19(28)17-7-2-3-8-18(17)23)27-14-21(9-10-21)15-5-4-6-16(22)13-15;/h2-8,13H,9-12,14H2,1H3,(H,25,28)(H2,24,26,27);1H. The summed E-state index contributed by atoms with van der Waals surface area (Å²) in [6.45, 7) is 1.81. The number of nitrogens with zero attached hydrogens (tertiary/aromatic N) is 1. The van der Waals surface area contributed by atoms with Gasteiger partial charge in [0.25, 0.3) is 5.91 Å². The van der Waals surface area contributed by atoms with Gasteiger partial charge >= 0.3 is 0 Å². The van der Waals surface area contributed by atoms with Gasteiger partial charge in [0.2, 0.25) is 0 Å². The molecule has 1 amide bonds. The second-order valence-corrected chi connectivity index (χ2v) is 7.72. The highest BCUT2D eigenvalue weighted by Crippen LogP contribution is 2.48. The molecule has 0 saturated heterocycles. The van der Waals surface area contributed by atoms with Crippen molar-refractivity contribution in [2.75, 3.05) is 26.7 Å². The van der Waals surface area contributed by atoms with E-state index in [1.807, 2.05) is 18.2 Å². The van der Waals surface area contributed by atoms with Crippen molar-refractivity contribution in [3.63, 3.8) is 0 Å². The first-order valence-corrected chi connectivity index (χ1v) is 10.0. The quantitative estimate of drug-likeness (QED) is 0.211. The van der Waals surface area contributed by atoms with E-state index in [2.05, 4.69) is 27.0 Å². The number of nitrogens with one attached hydrogen (secondary N) is 3. The van der Waals surface area contributed by atoms with Crippen molar-refractivity contribution in [1.82, 2.24) is 16.0 Å². The molecule has 0 aliphatic heterocycles. The van der Waals surface area contributed by atoms with E-state index in [9.17, 15) is 4.79 Å². The smallest absolute Gasteiger partial charge is 0.252 e. The van der Waals surface area contributed by atoms with Crippen molar-refractivity contribution in [3.05, 3.63) is 69.7 Å². The second-order valence-electron chi connectivity index (χ2n) is 6.88. The van der Waals surface area contributed by atoms with Gasteiger partial charge in [-0.2, -0.15) is 0 Å². The molecule has 3 N–H and O–H groups in total. The predicted octanol–water partition coefficient (Wildman–Crippen LogP) is 4.24. The van der Waals surface area contributed by atoms with Gasteiger partial charge in [-0.05, 0) is 42.7 Å². The Bertz CT molecular complexity index is 871. The van der Waals surface area contributed by atoms with Crippen LogP contribution in [0, 0.1) is 0 Å². The Balaban J connectivity index is 0.00000300. The van der Waals surface area contributed by atoms with Gasteiger partial charge in [-0.15, -0.1) is 24.0 Å². The van der Waals surface area contributed by atoms with Crippen molar-refractivity contribution in [2.45, 2.75) is 18.3 Å². The van der Waals surface area contributed by atoms with Crippen LogP contribution in [0.5, 0.6) is 0 Å². The van der Waals surface area contributed by atoms with Crippen LogP contribution in [-0.4, -0.2) is 38.5 Å². The number of carbonyl (C=O) groups is 1. The van der Waals surface area contributed by atoms with Crippen LogP contribution < -0.4 is 16.0 Å². The predicted molar refractivity (Wildman–Crippen MR) is 131 cm³/mol. The molecule has 5 nitrogen and oxygen atoms in total. The van der Waals surface area contributed by atoms with Gasteiger partial charge in [0.1, 0.15) is 0 Å². The van der Waals surface area contributed by atoms with Gasteiger partial charge in [-0.3, -0.25) is 9.79 Å². The van der Waals surface area contributed by atoms with Crippen molar-refractivity contribution >= 4 is 59.0 Å². The van der Waals surface area contributed by atoms with E-state index >= 15 is 0 Å². The van der Waals surface area contributed by atoms with Crippen LogP contribution in [0.1, 0.15) is 28.8 Å². The Hall–Kier alpha value is -1.51. The summed E-state index contributed by atoms with van der Waals surface area (Å²) in [5.41, 5.74) is 1.86. The summed E-state index contributed by atoms with van der Waals surface area (Å²) in [7, 11) is 1.73. The Labute approximate surface area is 198 Å². The molecule has 29 heavy (non-hydrogen) atoms. The largest absolute Gasteiger partial charge is 0.356 e. The third-order valence-electron chi connectivity index (χ3n) is 4.93. The molecule has 0 bridgehead atoms. The molecular weight excluding hydrogens is 522 g/mol. The molecule has 1 aliphatic rings. The monoisotopic (exact) mass is 546 g/mol. The maximum absolute atomic E-state index is 12.1. The average molecular weight is 547 g/mol. The molecule has 1 saturated carbocycles. The summed E-state index contributed by atoms with van der Waals surface area (Å²) in [4.78, 5) is 16.4. The molecule has 2 aromatic rings. The zero-order chi connectivity index (χ0) is 20.0. The van der Waals surface area contributed by atoms with E-state index in [1.165, 1.54) is 5.56 Å². The molecule has 0 spiro atoms. The van der Waals surface area contributed by atoms with Crippen molar-refractivity contribution in [1.29, 1.82) is 0 Å². The minimum absolute atomic E-state index is 0. The highest BCUT2D eigenvalue weighted by atomic mass is 127. The molecule has 156 valence electrons. The van der Waals surface area contributed by atoms with E-state index in [1.54, 1.807) is 31.3 Å². The molecule has 0 radical (unpaired) electrons. The molecule has 2 aromatic carbocycles. The number of rotatable bonds is 7. The third-order valence-corrected chi connectivity index (χ3v) is 5.49. The summed E-state index contributed by atoms with van der Waals surface area (Å²) >= 11 is 12.2. The van der Waals surface area contributed by atoms with Crippen LogP contribution in [0.2, 0.25) is 10.0 Å². The van der Waals surface area contributed by atoms with E-state index in [-0.39, 0.29) is 35.3 Å². The van der Waals surface area contributed by atoms with Crippen molar-refractivity contribution in [3.8, 4) is 0 Å². The molecule has 8 heteroatoms. The summed E-state index contributed by atoms with van der Waals surface area (Å²) in [5.74, 6) is 0.522. The van der Waals surface area contributed by atoms with E-state index < -0.39 is 0 Å². The lowest BCUT2D eigenvalue weighted by Crippen LogP contribution is -2.44. The van der Waals surface area contributed by atoms with Crippen molar-refractivity contribution in [2.24, 2.45) is 4.99 Å². The minimum atomic E-state index is -0.187. The minimum Gasteiger partial charge on any atom is -0.356 e. The summed E-state index contributed by atoms with van der Waals surface area (Å²) in [6.07, 6.45) is 2.26. The van der Waals surface area contributed by atoms with Gasteiger partial charge in [0.15, 0.2) is 5.96 Å². The molecule has 0 heterocycles.